The van der Waals surface area contributed by atoms with Gasteiger partial charge in [0.05, 0.1) is 17.0 Å². The highest BCUT2D eigenvalue weighted by Crippen LogP contribution is 2.55. The van der Waals surface area contributed by atoms with Gasteiger partial charge in [-0.3, -0.25) is 9.88 Å². The van der Waals surface area contributed by atoms with Crippen LogP contribution in [0.15, 0.2) is 156 Å². The van der Waals surface area contributed by atoms with Crippen molar-refractivity contribution in [2.45, 2.75) is 24.9 Å². The zero-order chi connectivity index (χ0) is 32.2. The molecule has 49 heavy (non-hydrogen) atoms. The summed E-state index contributed by atoms with van der Waals surface area (Å²) in [7, 11) is 0. The van der Waals surface area contributed by atoms with Crippen molar-refractivity contribution >= 4 is 49.4 Å². The summed E-state index contributed by atoms with van der Waals surface area (Å²) in [5.74, 6) is 0.703. The third-order valence-corrected chi connectivity index (χ3v) is 11.4. The summed E-state index contributed by atoms with van der Waals surface area (Å²) in [6.07, 6.45) is 0.238. The maximum atomic E-state index is 6.21. The Morgan fingerprint density at radius 2 is 1.20 bits per heavy atom. The Labute approximate surface area is 284 Å². The summed E-state index contributed by atoms with van der Waals surface area (Å²) in [5, 5.41) is 7.57. The Balaban J connectivity index is 1.13. The lowest BCUT2D eigenvalue weighted by molar-refractivity contribution is -0.642. The highest BCUT2D eigenvalue weighted by molar-refractivity contribution is 6.17. The predicted octanol–water partition coefficient (Wildman–Crippen LogP) is 11.3. The second kappa shape index (κ2) is 10.1. The van der Waals surface area contributed by atoms with Crippen molar-refractivity contribution in [3.63, 3.8) is 0 Å². The minimum atomic E-state index is 0.238. The van der Waals surface area contributed by atoms with E-state index in [1.807, 2.05) is 6.07 Å². The van der Waals surface area contributed by atoms with Gasteiger partial charge in [0.25, 0.3) is 0 Å². The average Bonchev–Trinajstić information content (AvgIpc) is 3.82. The van der Waals surface area contributed by atoms with Gasteiger partial charge in [0.15, 0.2) is 6.17 Å². The molecule has 4 heterocycles. The van der Waals surface area contributed by atoms with Crippen LogP contribution < -0.4 is 5.32 Å². The highest BCUT2D eigenvalue weighted by Gasteiger charge is 2.47. The van der Waals surface area contributed by atoms with Gasteiger partial charge in [0, 0.05) is 39.1 Å². The smallest absolute Gasteiger partial charge is 0.178 e. The van der Waals surface area contributed by atoms with Crippen molar-refractivity contribution in [2.75, 3.05) is 0 Å². The van der Waals surface area contributed by atoms with Crippen LogP contribution >= 0.6 is 0 Å². The zero-order valence-electron chi connectivity index (χ0n) is 27.1. The van der Waals surface area contributed by atoms with Crippen LogP contribution in [0.5, 0.6) is 0 Å². The minimum absolute atomic E-state index is 0.238. The fourth-order valence-corrected chi connectivity index (χ4v) is 9.22. The lowest BCUT2D eigenvalue weighted by Crippen LogP contribution is -2.83. The number of hydrogen-bond acceptors (Lipinski definition) is 1. The van der Waals surface area contributed by atoms with Crippen LogP contribution in [-0.2, 0) is 0 Å². The van der Waals surface area contributed by atoms with Crippen molar-refractivity contribution in [3.05, 3.63) is 163 Å². The van der Waals surface area contributed by atoms with Gasteiger partial charge in [-0.25, -0.2) is 0 Å². The number of aromatic nitrogens is 1. The van der Waals surface area contributed by atoms with Crippen molar-refractivity contribution in [2.24, 2.45) is 0 Å². The minimum Gasteiger partial charge on any atom is -0.456 e. The van der Waals surface area contributed by atoms with E-state index in [1.165, 1.54) is 77.4 Å². The van der Waals surface area contributed by atoms with Gasteiger partial charge >= 0.3 is 0 Å². The second-order valence-corrected chi connectivity index (χ2v) is 13.9. The monoisotopic (exact) mass is 629 g/mol. The molecule has 2 N–H and O–H groups in total. The first-order valence-electron chi connectivity index (χ1n) is 17.3. The average molecular weight is 630 g/mol. The van der Waals surface area contributed by atoms with E-state index in [0.29, 0.717) is 11.8 Å². The van der Waals surface area contributed by atoms with Crippen LogP contribution in [0.25, 0.3) is 77.1 Å². The van der Waals surface area contributed by atoms with E-state index in [2.05, 4.69) is 162 Å². The molecule has 0 radical (unpaired) electrons. The Hall–Kier alpha value is -5.90. The largest absolute Gasteiger partial charge is 0.456 e. The summed E-state index contributed by atoms with van der Waals surface area (Å²) in [4.78, 5) is 0. The Bertz CT molecular complexity index is 2770. The van der Waals surface area contributed by atoms with E-state index < -0.39 is 0 Å². The zero-order valence-corrected chi connectivity index (χ0v) is 27.1. The molecule has 0 amide bonds. The number of rotatable bonds is 3. The molecule has 0 saturated carbocycles. The van der Waals surface area contributed by atoms with Crippen LogP contribution in [0.2, 0.25) is 0 Å². The fraction of sp³-hybridized carbons (Fsp3) is 0.0870. The van der Waals surface area contributed by atoms with Gasteiger partial charge in [-0.05, 0) is 69.3 Å². The van der Waals surface area contributed by atoms with Crippen LogP contribution in [0.3, 0.4) is 0 Å². The van der Waals surface area contributed by atoms with Gasteiger partial charge in [0.2, 0.25) is 0 Å². The second-order valence-electron chi connectivity index (χ2n) is 13.9. The molecule has 0 spiro atoms. The molecular weight excluding hydrogens is 597 g/mol. The molecule has 2 aliphatic heterocycles. The molecule has 0 aliphatic carbocycles. The van der Waals surface area contributed by atoms with Crippen molar-refractivity contribution in [1.29, 1.82) is 0 Å². The number of fused-ring (bicyclic) bond motifs is 10. The van der Waals surface area contributed by atoms with Crippen LogP contribution in [-0.4, -0.2) is 4.57 Å². The molecule has 232 valence electrons. The van der Waals surface area contributed by atoms with E-state index in [4.69, 9.17) is 4.42 Å². The molecule has 3 nitrogen and oxygen atoms in total. The lowest BCUT2D eigenvalue weighted by atomic mass is 9.76. The van der Waals surface area contributed by atoms with Crippen LogP contribution in [0, 0.1) is 0 Å². The normalized spacial score (nSPS) is 18.0. The van der Waals surface area contributed by atoms with Crippen molar-refractivity contribution in [1.82, 2.24) is 4.57 Å². The standard InChI is InChI=1S/C46H32N2O/c1-27-35-25-36(28-12-4-2-5-13-28)37(29-14-6-3-7-15-29)26-39(35)47-46-43(27)34-22-21-31(44-33-17-8-10-18-40(33)48(46)45(34)44)30-20-23-42-38(24-30)32-16-9-11-19-41(32)49-42/h2-27,43,46-47H,1H3/p+1. The maximum Gasteiger partial charge on any atom is 0.178 e. The molecule has 0 fully saturated rings. The van der Waals surface area contributed by atoms with Crippen LogP contribution in [0.1, 0.15) is 36.1 Å². The Morgan fingerprint density at radius 3 is 2.00 bits per heavy atom. The Morgan fingerprint density at radius 1 is 0.531 bits per heavy atom. The van der Waals surface area contributed by atoms with E-state index in [-0.39, 0.29) is 6.17 Å². The topological polar surface area (TPSA) is 34.7 Å². The number of para-hydroxylation sites is 2. The lowest BCUT2D eigenvalue weighted by Gasteiger charge is -2.34. The summed E-state index contributed by atoms with van der Waals surface area (Å²) < 4.78 is 8.87. The third-order valence-electron chi connectivity index (χ3n) is 11.4. The summed E-state index contributed by atoms with van der Waals surface area (Å²) >= 11 is 0. The van der Waals surface area contributed by atoms with E-state index in [0.717, 1.165) is 16.6 Å². The van der Waals surface area contributed by atoms with Gasteiger partial charge in [0.1, 0.15) is 16.9 Å². The molecule has 3 heteroatoms. The first-order valence-corrected chi connectivity index (χ1v) is 17.3. The highest BCUT2D eigenvalue weighted by atomic mass is 16.3. The van der Waals surface area contributed by atoms with E-state index >= 15 is 0 Å². The molecule has 2 aliphatic rings. The number of nitrogens with zero attached hydrogens (tertiary/aromatic N) is 1. The summed E-state index contributed by atoms with van der Waals surface area (Å²) in [6, 6.07) is 55.6. The molecule has 11 rings (SSSR count). The van der Waals surface area contributed by atoms with Crippen molar-refractivity contribution < 1.29 is 9.73 Å². The quantitative estimate of drug-likeness (QED) is 0.194. The molecule has 0 saturated heterocycles. The molecule has 2 aromatic heterocycles. The molecule has 3 unspecified atom stereocenters. The van der Waals surface area contributed by atoms with Crippen LogP contribution in [0.4, 0.5) is 5.69 Å². The maximum absolute atomic E-state index is 6.21. The van der Waals surface area contributed by atoms with E-state index in [9.17, 15) is 0 Å². The molecule has 0 bridgehead atoms. The molecule has 7 aromatic carbocycles. The first kappa shape index (κ1) is 27.1. The fourth-order valence-electron chi connectivity index (χ4n) is 9.22. The SMILES string of the molecule is CC1c2cc(-c3ccccc3)c(-c3ccccc3)cc2[NH2+]C2C1c1ccc(-c3ccc4oc5ccccc5c4c3)c3c4ccccc4n2c13. The van der Waals surface area contributed by atoms with Gasteiger partial charge in [-0.1, -0.05) is 122 Å². The van der Waals surface area contributed by atoms with Gasteiger partial charge in [-0.2, -0.15) is 0 Å². The molecule has 3 atom stereocenters. The number of nitrogens with two attached hydrogens (primary N) is 1. The number of hydrogen-bond donors (Lipinski definition) is 1. The Kier molecular flexibility index (Phi) is 5.56. The van der Waals surface area contributed by atoms with Crippen molar-refractivity contribution in [3.8, 4) is 33.4 Å². The van der Waals surface area contributed by atoms with E-state index in [1.54, 1.807) is 0 Å². The first-order chi connectivity index (χ1) is 24.2. The predicted molar refractivity (Wildman–Crippen MR) is 201 cm³/mol. The van der Waals surface area contributed by atoms with Gasteiger partial charge in [-0.15, -0.1) is 0 Å². The summed E-state index contributed by atoms with van der Waals surface area (Å²) in [6.45, 7) is 2.45. The third kappa shape index (κ3) is 3.76. The van der Waals surface area contributed by atoms with Gasteiger partial charge < -0.3 is 4.42 Å². The number of benzene rings is 7. The number of furan rings is 1. The molecule has 9 aromatic rings. The summed E-state index contributed by atoms with van der Waals surface area (Å²) in [5.41, 5.74) is 16.4. The molecular formula is C46H33N2O+. The number of quaternary nitrogens is 1.